The van der Waals surface area contributed by atoms with Gasteiger partial charge in [0.15, 0.2) is 5.70 Å². The maximum absolute atomic E-state index is 11.5. The zero-order valence-corrected chi connectivity index (χ0v) is 10.3. The van der Waals surface area contributed by atoms with E-state index in [0.717, 1.165) is 11.3 Å². The Morgan fingerprint density at radius 2 is 1.94 bits per heavy atom. The Bertz CT molecular complexity index is 464. The van der Waals surface area contributed by atoms with E-state index in [1.807, 2.05) is 38.1 Å². The van der Waals surface area contributed by atoms with Crippen molar-refractivity contribution in [2.45, 2.75) is 20.8 Å². The summed E-state index contributed by atoms with van der Waals surface area (Å²) < 4.78 is 0. The molecule has 0 atom stereocenters. The topological polar surface area (TPSA) is 33.5 Å². The highest BCUT2D eigenvalue weighted by atomic mass is 16.1. The average molecular weight is 228 g/mol. The van der Waals surface area contributed by atoms with E-state index < -0.39 is 0 Å². The van der Waals surface area contributed by atoms with Gasteiger partial charge in [0, 0.05) is 11.6 Å². The van der Waals surface area contributed by atoms with Gasteiger partial charge in [0.2, 0.25) is 5.91 Å². The third-order valence-corrected chi connectivity index (χ3v) is 2.25. The molecule has 0 heterocycles. The van der Waals surface area contributed by atoms with Crippen molar-refractivity contribution in [3.8, 4) is 0 Å². The smallest absolute Gasteiger partial charge is 0.226 e. The van der Waals surface area contributed by atoms with Crippen LogP contribution in [0, 0.1) is 12.5 Å². The van der Waals surface area contributed by atoms with Gasteiger partial charge in [0.25, 0.3) is 0 Å². The van der Waals surface area contributed by atoms with Crippen LogP contribution in [0.5, 0.6) is 0 Å². The molecule has 0 unspecified atom stereocenters. The molecule has 1 rings (SSSR count). The second kappa shape index (κ2) is 5.86. The zero-order valence-electron chi connectivity index (χ0n) is 10.3. The highest BCUT2D eigenvalue weighted by Gasteiger charge is 2.06. The second-order valence-corrected chi connectivity index (χ2v) is 4.16. The first kappa shape index (κ1) is 13.0. The van der Waals surface area contributed by atoms with E-state index in [9.17, 15) is 4.79 Å². The fourth-order valence-corrected chi connectivity index (χ4v) is 1.22. The predicted octanol–water partition coefficient (Wildman–Crippen LogP) is 3.56. The molecule has 0 aliphatic rings. The van der Waals surface area contributed by atoms with E-state index in [0.29, 0.717) is 5.70 Å². The summed E-state index contributed by atoms with van der Waals surface area (Å²) in [5.41, 5.74) is 2.38. The van der Waals surface area contributed by atoms with Gasteiger partial charge < -0.3 is 5.32 Å². The summed E-state index contributed by atoms with van der Waals surface area (Å²) in [4.78, 5) is 14.8. The molecule has 88 valence electrons. The number of nitrogens with zero attached hydrogens (tertiary/aromatic N) is 1. The van der Waals surface area contributed by atoms with Crippen molar-refractivity contribution < 1.29 is 4.79 Å². The predicted molar refractivity (Wildman–Crippen MR) is 70.2 cm³/mol. The van der Waals surface area contributed by atoms with E-state index in [1.54, 1.807) is 13.0 Å². The van der Waals surface area contributed by atoms with Gasteiger partial charge in [-0.05, 0) is 24.6 Å². The molecule has 0 spiro atoms. The average Bonchev–Trinajstić information content (AvgIpc) is 2.31. The van der Waals surface area contributed by atoms with E-state index in [4.69, 9.17) is 6.57 Å². The summed E-state index contributed by atoms with van der Waals surface area (Å²) in [6, 6.07) is 7.43. The van der Waals surface area contributed by atoms with Gasteiger partial charge in [-0.2, -0.15) is 0 Å². The molecule has 0 saturated heterocycles. The number of nitrogens with one attached hydrogen (secondary N) is 1. The van der Waals surface area contributed by atoms with Crippen molar-refractivity contribution in [2.24, 2.45) is 5.92 Å². The molecule has 0 fully saturated rings. The maximum atomic E-state index is 11.5. The number of allylic oxidation sites excluding steroid dienone is 1. The molecule has 0 saturated carbocycles. The summed E-state index contributed by atoms with van der Waals surface area (Å²) in [6.45, 7) is 12.3. The molecule has 17 heavy (non-hydrogen) atoms. The first-order valence-electron chi connectivity index (χ1n) is 5.49. The molecular weight excluding hydrogens is 212 g/mol. The van der Waals surface area contributed by atoms with E-state index in [2.05, 4.69) is 10.2 Å². The van der Waals surface area contributed by atoms with Crippen molar-refractivity contribution in [1.82, 2.24) is 0 Å². The molecule has 3 heteroatoms. The Labute approximate surface area is 102 Å². The number of benzene rings is 1. The van der Waals surface area contributed by atoms with Crippen LogP contribution in [0.3, 0.4) is 0 Å². The monoisotopic (exact) mass is 228 g/mol. The molecule has 1 amide bonds. The number of anilines is 1. The lowest BCUT2D eigenvalue weighted by Gasteiger charge is -2.07. The number of hydrogen-bond donors (Lipinski definition) is 1. The van der Waals surface area contributed by atoms with Crippen LogP contribution in [0.25, 0.3) is 10.9 Å². The van der Waals surface area contributed by atoms with Crippen molar-refractivity contribution >= 4 is 17.7 Å². The second-order valence-electron chi connectivity index (χ2n) is 4.16. The van der Waals surface area contributed by atoms with Crippen molar-refractivity contribution in [1.29, 1.82) is 0 Å². The molecule has 0 bridgehead atoms. The zero-order chi connectivity index (χ0) is 12.8. The lowest BCUT2D eigenvalue weighted by molar-refractivity contribution is -0.118. The van der Waals surface area contributed by atoms with Crippen molar-refractivity contribution in [3.63, 3.8) is 0 Å². The third kappa shape index (κ3) is 4.12. The minimum absolute atomic E-state index is 0.00521. The van der Waals surface area contributed by atoms with Crippen LogP contribution in [0.4, 0.5) is 5.69 Å². The minimum atomic E-state index is -0.0288. The summed E-state index contributed by atoms with van der Waals surface area (Å²) in [6.07, 6.45) is 1.81. The number of carbonyl (C=O) groups is 1. The van der Waals surface area contributed by atoms with Gasteiger partial charge in [0.1, 0.15) is 0 Å². The fraction of sp³-hybridized carbons (Fsp3) is 0.286. The van der Waals surface area contributed by atoms with Crippen LogP contribution in [0.15, 0.2) is 30.0 Å². The quantitative estimate of drug-likeness (QED) is 0.788. The summed E-state index contributed by atoms with van der Waals surface area (Å²) >= 11 is 0. The van der Waals surface area contributed by atoms with E-state index in [1.165, 1.54) is 0 Å². The Morgan fingerprint density at radius 1 is 1.35 bits per heavy atom. The number of amides is 1. The van der Waals surface area contributed by atoms with Gasteiger partial charge in [-0.3, -0.25) is 4.79 Å². The molecule has 1 aromatic rings. The number of hydrogen-bond acceptors (Lipinski definition) is 1. The van der Waals surface area contributed by atoms with Crippen LogP contribution in [0.2, 0.25) is 0 Å². The molecule has 1 N–H and O–H groups in total. The van der Waals surface area contributed by atoms with Gasteiger partial charge in [-0.25, -0.2) is 4.85 Å². The molecular formula is C14H16N2O. The first-order valence-corrected chi connectivity index (χ1v) is 5.49. The largest absolute Gasteiger partial charge is 0.326 e. The number of carbonyl (C=O) groups excluding carboxylic acids is 1. The van der Waals surface area contributed by atoms with Crippen LogP contribution in [0.1, 0.15) is 26.3 Å². The SMILES string of the molecule is [C-]#[N+]/C(C)=C/c1ccc(NC(=O)C(C)C)cc1. The van der Waals surface area contributed by atoms with Crippen LogP contribution < -0.4 is 5.32 Å². The normalized spacial score (nSPS) is 11.1. The van der Waals surface area contributed by atoms with Gasteiger partial charge in [0.05, 0.1) is 6.57 Å². The molecule has 0 aliphatic carbocycles. The summed E-state index contributed by atoms with van der Waals surface area (Å²) in [7, 11) is 0. The lowest BCUT2D eigenvalue weighted by atomic mass is 10.1. The Kier molecular flexibility index (Phi) is 4.47. The first-order chi connectivity index (χ1) is 8.02. The highest BCUT2D eigenvalue weighted by molar-refractivity contribution is 5.92. The molecule has 3 nitrogen and oxygen atoms in total. The van der Waals surface area contributed by atoms with Crippen LogP contribution in [-0.2, 0) is 4.79 Å². The number of rotatable bonds is 3. The van der Waals surface area contributed by atoms with E-state index in [-0.39, 0.29) is 11.8 Å². The summed E-state index contributed by atoms with van der Waals surface area (Å²) in [5.74, 6) is -0.0236. The van der Waals surface area contributed by atoms with Crippen molar-refractivity contribution in [3.05, 3.63) is 46.9 Å². The Hall–Kier alpha value is -2.08. The van der Waals surface area contributed by atoms with Crippen LogP contribution >= 0.6 is 0 Å². The van der Waals surface area contributed by atoms with E-state index >= 15 is 0 Å². The summed E-state index contributed by atoms with van der Waals surface area (Å²) in [5, 5.41) is 2.82. The standard InChI is InChI=1S/C14H16N2O/c1-10(2)14(17)16-13-7-5-12(6-8-13)9-11(3)15-4/h5-10H,1-3H3,(H,16,17)/b11-9+. The van der Waals surface area contributed by atoms with Gasteiger partial charge in [-0.1, -0.05) is 32.1 Å². The molecule has 1 aromatic carbocycles. The highest BCUT2D eigenvalue weighted by Crippen LogP contribution is 2.13. The van der Waals surface area contributed by atoms with Crippen molar-refractivity contribution in [2.75, 3.05) is 5.32 Å². The lowest BCUT2D eigenvalue weighted by Crippen LogP contribution is -2.17. The Morgan fingerprint density at radius 3 is 2.41 bits per heavy atom. The molecule has 0 radical (unpaired) electrons. The molecule has 0 aliphatic heterocycles. The fourth-order valence-electron chi connectivity index (χ4n) is 1.22. The van der Waals surface area contributed by atoms with Crippen LogP contribution in [-0.4, -0.2) is 5.91 Å². The molecule has 0 aromatic heterocycles. The van der Waals surface area contributed by atoms with Gasteiger partial charge in [-0.15, -0.1) is 0 Å². The minimum Gasteiger partial charge on any atom is -0.326 e. The van der Waals surface area contributed by atoms with Gasteiger partial charge >= 0.3 is 0 Å². The third-order valence-electron chi connectivity index (χ3n) is 2.25. The maximum Gasteiger partial charge on any atom is 0.226 e. The Balaban J connectivity index is 2.76.